The molecule has 2 heterocycles. The topological polar surface area (TPSA) is 29.9 Å². The van der Waals surface area contributed by atoms with Gasteiger partial charge in [-0.15, -0.1) is 11.3 Å². The van der Waals surface area contributed by atoms with Crippen LogP contribution < -0.4 is 5.32 Å². The van der Waals surface area contributed by atoms with Gasteiger partial charge in [0.15, 0.2) is 0 Å². The molecule has 0 unspecified atom stereocenters. The molecule has 0 spiro atoms. The van der Waals surface area contributed by atoms with Gasteiger partial charge in [0.25, 0.3) is 0 Å². The summed E-state index contributed by atoms with van der Waals surface area (Å²) in [5, 5.41) is 9.92. The molecule has 0 atom stereocenters. The van der Waals surface area contributed by atoms with E-state index in [0.717, 1.165) is 13.1 Å². The van der Waals surface area contributed by atoms with Crippen molar-refractivity contribution in [3.63, 3.8) is 0 Å². The van der Waals surface area contributed by atoms with Gasteiger partial charge in [0.1, 0.15) is 0 Å². The van der Waals surface area contributed by atoms with Gasteiger partial charge in [-0.25, -0.2) is 0 Å². The first-order valence-corrected chi connectivity index (χ1v) is 7.63. The van der Waals surface area contributed by atoms with Crippen molar-refractivity contribution in [2.75, 3.05) is 5.32 Å². The average Bonchev–Trinajstić information content (AvgIpc) is 3.17. The van der Waals surface area contributed by atoms with E-state index in [4.69, 9.17) is 0 Å². The molecule has 0 radical (unpaired) electrons. The molecular weight excluding hydrogens is 266 g/mol. The number of aryl methyl sites for hydroxylation is 1. The Hall–Kier alpha value is -2.07. The molecule has 4 heteroatoms. The predicted molar refractivity (Wildman–Crippen MR) is 85.0 cm³/mol. The number of benzene rings is 1. The molecule has 102 valence electrons. The molecule has 2 aromatic heterocycles. The van der Waals surface area contributed by atoms with E-state index >= 15 is 0 Å². The van der Waals surface area contributed by atoms with Crippen LogP contribution in [0.25, 0.3) is 10.4 Å². The van der Waals surface area contributed by atoms with Crippen molar-refractivity contribution in [1.29, 1.82) is 0 Å². The molecule has 3 aromatic rings. The maximum absolute atomic E-state index is 4.30. The largest absolute Gasteiger partial charge is 0.380 e. The van der Waals surface area contributed by atoms with Crippen molar-refractivity contribution >= 4 is 17.0 Å². The number of anilines is 1. The summed E-state index contributed by atoms with van der Waals surface area (Å²) in [6.45, 7) is 3.80. The van der Waals surface area contributed by atoms with Gasteiger partial charge < -0.3 is 5.32 Å². The van der Waals surface area contributed by atoms with E-state index in [1.165, 1.54) is 21.7 Å². The van der Waals surface area contributed by atoms with Crippen LogP contribution in [0.5, 0.6) is 0 Å². The van der Waals surface area contributed by atoms with Gasteiger partial charge in [0.2, 0.25) is 0 Å². The van der Waals surface area contributed by atoms with E-state index in [1.54, 1.807) is 11.3 Å². The molecule has 20 heavy (non-hydrogen) atoms. The minimum Gasteiger partial charge on any atom is -0.380 e. The zero-order valence-electron chi connectivity index (χ0n) is 11.4. The van der Waals surface area contributed by atoms with Crippen molar-refractivity contribution < 1.29 is 0 Å². The van der Waals surface area contributed by atoms with E-state index < -0.39 is 0 Å². The second-order valence-corrected chi connectivity index (χ2v) is 5.53. The highest BCUT2D eigenvalue weighted by atomic mass is 32.1. The SMILES string of the molecule is CCn1cc(CNc2ccccc2-c2cccs2)cn1. The van der Waals surface area contributed by atoms with Crippen LogP contribution in [0.2, 0.25) is 0 Å². The lowest BCUT2D eigenvalue weighted by molar-refractivity contribution is 0.659. The third kappa shape index (κ3) is 2.75. The highest BCUT2D eigenvalue weighted by Crippen LogP contribution is 2.31. The van der Waals surface area contributed by atoms with E-state index in [0.29, 0.717) is 0 Å². The lowest BCUT2D eigenvalue weighted by Gasteiger charge is -2.10. The van der Waals surface area contributed by atoms with Gasteiger partial charge >= 0.3 is 0 Å². The summed E-state index contributed by atoms with van der Waals surface area (Å²) in [5.41, 5.74) is 3.62. The number of aromatic nitrogens is 2. The van der Waals surface area contributed by atoms with Gasteiger partial charge in [0, 0.05) is 41.0 Å². The number of nitrogens with one attached hydrogen (secondary N) is 1. The monoisotopic (exact) mass is 283 g/mol. The predicted octanol–water partition coefficient (Wildman–Crippen LogP) is 4.24. The lowest BCUT2D eigenvalue weighted by atomic mass is 10.1. The van der Waals surface area contributed by atoms with E-state index in [1.807, 2.05) is 10.9 Å². The minimum atomic E-state index is 0.794. The molecule has 0 amide bonds. The van der Waals surface area contributed by atoms with E-state index in [2.05, 4.69) is 65.3 Å². The van der Waals surface area contributed by atoms with Crippen LogP contribution >= 0.6 is 11.3 Å². The van der Waals surface area contributed by atoms with Crippen LogP contribution in [-0.2, 0) is 13.1 Å². The Morgan fingerprint density at radius 1 is 1.20 bits per heavy atom. The summed E-state index contributed by atoms with van der Waals surface area (Å²) >= 11 is 1.76. The van der Waals surface area contributed by atoms with Crippen LogP contribution in [0.15, 0.2) is 54.2 Å². The Labute approximate surface area is 122 Å². The summed E-state index contributed by atoms with van der Waals surface area (Å²) in [6.07, 6.45) is 4.00. The molecule has 3 nitrogen and oxygen atoms in total. The number of nitrogens with zero attached hydrogens (tertiary/aromatic N) is 2. The fourth-order valence-electron chi connectivity index (χ4n) is 2.15. The summed E-state index contributed by atoms with van der Waals surface area (Å²) in [6, 6.07) is 12.7. The van der Waals surface area contributed by atoms with E-state index in [9.17, 15) is 0 Å². The molecule has 0 aliphatic heterocycles. The van der Waals surface area contributed by atoms with Gasteiger partial charge in [-0.05, 0) is 24.4 Å². The molecule has 1 aromatic carbocycles. The smallest absolute Gasteiger partial charge is 0.0539 e. The number of rotatable bonds is 5. The Morgan fingerprint density at radius 3 is 2.85 bits per heavy atom. The summed E-state index contributed by atoms with van der Waals surface area (Å²) < 4.78 is 1.95. The summed E-state index contributed by atoms with van der Waals surface area (Å²) in [7, 11) is 0. The number of hydrogen-bond acceptors (Lipinski definition) is 3. The van der Waals surface area contributed by atoms with Crippen molar-refractivity contribution in [2.24, 2.45) is 0 Å². The highest BCUT2D eigenvalue weighted by molar-refractivity contribution is 7.13. The second kappa shape index (κ2) is 5.92. The van der Waals surface area contributed by atoms with Crippen LogP contribution in [-0.4, -0.2) is 9.78 Å². The third-order valence-corrected chi connectivity index (χ3v) is 4.11. The Bertz CT molecular complexity index is 671. The van der Waals surface area contributed by atoms with Crippen LogP contribution in [0.1, 0.15) is 12.5 Å². The minimum absolute atomic E-state index is 0.794. The highest BCUT2D eigenvalue weighted by Gasteiger charge is 2.05. The lowest BCUT2D eigenvalue weighted by Crippen LogP contribution is -2.00. The Morgan fingerprint density at radius 2 is 2.10 bits per heavy atom. The van der Waals surface area contributed by atoms with E-state index in [-0.39, 0.29) is 0 Å². The third-order valence-electron chi connectivity index (χ3n) is 3.21. The molecule has 0 saturated heterocycles. The second-order valence-electron chi connectivity index (χ2n) is 4.58. The summed E-state index contributed by atoms with van der Waals surface area (Å²) in [5.74, 6) is 0. The first kappa shape index (κ1) is 12.9. The molecular formula is C16H17N3S. The van der Waals surface area contributed by atoms with Crippen LogP contribution in [0, 0.1) is 0 Å². The molecule has 3 rings (SSSR count). The first-order valence-electron chi connectivity index (χ1n) is 6.75. The zero-order chi connectivity index (χ0) is 13.8. The molecule has 0 saturated carbocycles. The average molecular weight is 283 g/mol. The van der Waals surface area contributed by atoms with Crippen molar-refractivity contribution in [2.45, 2.75) is 20.0 Å². The number of thiophene rings is 1. The molecule has 0 bridgehead atoms. The number of para-hydroxylation sites is 1. The van der Waals surface area contributed by atoms with Crippen LogP contribution in [0.3, 0.4) is 0 Å². The maximum atomic E-state index is 4.30. The Kier molecular flexibility index (Phi) is 3.83. The normalized spacial score (nSPS) is 10.7. The number of hydrogen-bond donors (Lipinski definition) is 1. The summed E-state index contributed by atoms with van der Waals surface area (Å²) in [4.78, 5) is 1.29. The van der Waals surface area contributed by atoms with Crippen LogP contribution in [0.4, 0.5) is 5.69 Å². The zero-order valence-corrected chi connectivity index (χ0v) is 12.2. The van der Waals surface area contributed by atoms with Crippen molar-refractivity contribution in [3.05, 3.63) is 59.7 Å². The molecule has 0 fully saturated rings. The fourth-order valence-corrected chi connectivity index (χ4v) is 2.92. The van der Waals surface area contributed by atoms with Gasteiger partial charge in [-0.1, -0.05) is 24.3 Å². The first-order chi connectivity index (χ1) is 9.86. The quantitative estimate of drug-likeness (QED) is 0.759. The van der Waals surface area contributed by atoms with Gasteiger partial charge in [0.05, 0.1) is 6.20 Å². The molecule has 1 N–H and O–H groups in total. The maximum Gasteiger partial charge on any atom is 0.0539 e. The Balaban J connectivity index is 1.77. The molecule has 0 aliphatic rings. The van der Waals surface area contributed by atoms with Crippen molar-refractivity contribution in [3.8, 4) is 10.4 Å². The standard InChI is InChI=1S/C16H17N3S/c1-2-19-12-13(11-18-19)10-17-15-7-4-3-6-14(15)16-8-5-9-20-16/h3-9,11-12,17H,2,10H2,1H3. The van der Waals surface area contributed by atoms with Gasteiger partial charge in [-0.3, -0.25) is 4.68 Å². The van der Waals surface area contributed by atoms with Crippen molar-refractivity contribution in [1.82, 2.24) is 9.78 Å². The molecule has 0 aliphatic carbocycles. The van der Waals surface area contributed by atoms with Gasteiger partial charge in [-0.2, -0.15) is 5.10 Å². The fraction of sp³-hybridized carbons (Fsp3) is 0.188.